The molecule has 1 aliphatic rings. The highest BCUT2D eigenvalue weighted by atomic mass is 19.4. The molecule has 0 spiro atoms. The summed E-state index contributed by atoms with van der Waals surface area (Å²) in [6.07, 6.45) is 2.72. The zero-order valence-corrected chi connectivity index (χ0v) is 20.4. The van der Waals surface area contributed by atoms with Gasteiger partial charge < -0.3 is 15.2 Å². The molecule has 39 heavy (non-hydrogen) atoms. The predicted molar refractivity (Wildman–Crippen MR) is 129 cm³/mol. The van der Waals surface area contributed by atoms with E-state index in [2.05, 4.69) is 14.8 Å². The Hall–Kier alpha value is -3.88. The van der Waals surface area contributed by atoms with Crippen molar-refractivity contribution in [3.05, 3.63) is 68.4 Å². The van der Waals surface area contributed by atoms with Gasteiger partial charge in [-0.25, -0.2) is 14.5 Å². The number of anilines is 1. The van der Waals surface area contributed by atoms with Crippen LogP contribution in [0.25, 0.3) is 16.7 Å². The standard InChI is InChI=1S/C19H21F3N2O3.C5H4F3N3O/c20-15-10-14-16(11-13(15)17-6-2-5-8-26-17)23-12-24(18(14)25)7-3-1-4-9-27-19(21)22;6-5(7,8)3-2(9)1-10-11-4(3)12/h6,10-12,19H,1-5,7-9H2;1H,(H3,9,11,12). The lowest BCUT2D eigenvalue weighted by Gasteiger charge is -2.16. The van der Waals surface area contributed by atoms with Crippen molar-refractivity contribution in [1.29, 1.82) is 0 Å². The summed E-state index contributed by atoms with van der Waals surface area (Å²) >= 11 is 0. The summed E-state index contributed by atoms with van der Waals surface area (Å²) < 4.78 is 85.3. The number of unbranched alkanes of at least 4 members (excludes halogenated alkanes) is 2. The van der Waals surface area contributed by atoms with Crippen LogP contribution in [0.3, 0.4) is 0 Å². The van der Waals surface area contributed by atoms with E-state index in [1.165, 1.54) is 23.0 Å². The second-order valence-electron chi connectivity index (χ2n) is 8.37. The fraction of sp³-hybridized carbons (Fsp3) is 0.417. The third-order valence-electron chi connectivity index (χ3n) is 5.57. The largest absolute Gasteiger partial charge is 0.493 e. The maximum atomic E-state index is 14.5. The molecular formula is C24H25F6N5O4. The molecule has 0 bridgehead atoms. The quantitative estimate of drug-likeness (QED) is 0.307. The number of nitrogens with one attached hydrogen (secondary N) is 1. The Bertz CT molecular complexity index is 1420. The first-order valence-electron chi connectivity index (χ1n) is 11.8. The number of fused-ring (bicyclic) bond motifs is 1. The van der Waals surface area contributed by atoms with Crippen LogP contribution in [0.1, 0.15) is 43.2 Å². The monoisotopic (exact) mass is 561 g/mol. The van der Waals surface area contributed by atoms with Gasteiger partial charge in [-0.15, -0.1) is 0 Å². The zero-order valence-electron chi connectivity index (χ0n) is 20.4. The normalized spacial score (nSPS) is 13.6. The van der Waals surface area contributed by atoms with Crippen LogP contribution in [-0.4, -0.2) is 39.6 Å². The van der Waals surface area contributed by atoms with Gasteiger partial charge in [-0.05, 0) is 50.3 Å². The summed E-state index contributed by atoms with van der Waals surface area (Å²) in [5.74, 6) is -0.0332. The Morgan fingerprint density at radius 1 is 1.18 bits per heavy atom. The van der Waals surface area contributed by atoms with Gasteiger partial charge in [-0.3, -0.25) is 14.2 Å². The average molecular weight is 561 g/mol. The van der Waals surface area contributed by atoms with Crippen LogP contribution in [0.4, 0.5) is 32.0 Å². The highest BCUT2D eigenvalue weighted by Gasteiger charge is 2.36. The Labute approximate surface area is 217 Å². The minimum atomic E-state index is -4.74. The Morgan fingerprint density at radius 2 is 1.95 bits per heavy atom. The average Bonchev–Trinajstić information content (AvgIpc) is 2.87. The number of halogens is 6. The summed E-state index contributed by atoms with van der Waals surface area (Å²) in [6.45, 7) is -1.85. The van der Waals surface area contributed by atoms with Crippen LogP contribution < -0.4 is 16.9 Å². The van der Waals surface area contributed by atoms with Crippen LogP contribution in [0.15, 0.2) is 40.3 Å². The molecule has 0 saturated heterocycles. The van der Waals surface area contributed by atoms with Crippen LogP contribution >= 0.6 is 0 Å². The van der Waals surface area contributed by atoms with Crippen molar-refractivity contribution in [2.24, 2.45) is 0 Å². The van der Waals surface area contributed by atoms with Crippen molar-refractivity contribution in [3.63, 3.8) is 0 Å². The van der Waals surface area contributed by atoms with E-state index in [0.717, 1.165) is 19.0 Å². The number of hydrogen-bond acceptors (Lipinski definition) is 7. The lowest BCUT2D eigenvalue weighted by atomic mass is 10.1. The molecule has 4 rings (SSSR count). The number of ether oxygens (including phenoxy) is 2. The van der Waals surface area contributed by atoms with E-state index in [0.29, 0.717) is 49.3 Å². The number of aryl methyl sites for hydroxylation is 1. The van der Waals surface area contributed by atoms with Crippen molar-refractivity contribution >= 4 is 22.3 Å². The first-order valence-corrected chi connectivity index (χ1v) is 11.8. The van der Waals surface area contributed by atoms with Crippen molar-refractivity contribution in [2.75, 3.05) is 18.9 Å². The number of allylic oxidation sites excluding steroid dienone is 1. The fourth-order valence-electron chi connectivity index (χ4n) is 3.71. The SMILES string of the molecule is Nc1cn[nH]c(=O)c1C(F)(F)F.O=c1c2cc(F)c(C3=CCCCO3)cc2ncn1CCCCCOC(F)F. The summed E-state index contributed by atoms with van der Waals surface area (Å²) in [5.41, 5.74) is 1.89. The first-order chi connectivity index (χ1) is 18.5. The van der Waals surface area contributed by atoms with Gasteiger partial charge in [0.25, 0.3) is 11.1 Å². The van der Waals surface area contributed by atoms with Gasteiger partial charge in [0.2, 0.25) is 0 Å². The number of alkyl halides is 5. The lowest BCUT2D eigenvalue weighted by Crippen LogP contribution is -2.24. The number of H-pyrrole nitrogens is 1. The maximum Gasteiger partial charge on any atom is 0.423 e. The van der Waals surface area contributed by atoms with Crippen LogP contribution in [0.2, 0.25) is 0 Å². The molecule has 212 valence electrons. The van der Waals surface area contributed by atoms with Gasteiger partial charge in [0.15, 0.2) is 0 Å². The van der Waals surface area contributed by atoms with E-state index in [1.807, 2.05) is 6.08 Å². The highest BCUT2D eigenvalue weighted by molar-refractivity contribution is 5.81. The smallest absolute Gasteiger partial charge is 0.423 e. The first kappa shape index (κ1) is 29.7. The summed E-state index contributed by atoms with van der Waals surface area (Å²) in [4.78, 5) is 27.4. The Morgan fingerprint density at radius 3 is 2.56 bits per heavy atom. The van der Waals surface area contributed by atoms with Gasteiger partial charge in [0.1, 0.15) is 17.1 Å². The van der Waals surface area contributed by atoms with Crippen molar-refractivity contribution < 1.29 is 35.8 Å². The van der Waals surface area contributed by atoms with E-state index in [4.69, 9.17) is 10.5 Å². The second-order valence-corrected chi connectivity index (χ2v) is 8.37. The van der Waals surface area contributed by atoms with Crippen molar-refractivity contribution in [1.82, 2.24) is 19.7 Å². The van der Waals surface area contributed by atoms with E-state index in [9.17, 15) is 35.9 Å². The Balaban J connectivity index is 0.000000293. The number of nitrogen functional groups attached to an aromatic ring is 1. The number of benzene rings is 1. The molecule has 15 heteroatoms. The van der Waals surface area contributed by atoms with Crippen molar-refractivity contribution in [2.45, 2.75) is 51.4 Å². The Kier molecular flexibility index (Phi) is 10.1. The molecule has 0 fully saturated rings. The second kappa shape index (κ2) is 13.3. The van der Waals surface area contributed by atoms with Gasteiger partial charge in [0, 0.05) is 6.54 Å². The third-order valence-corrected chi connectivity index (χ3v) is 5.57. The number of nitrogens with zero attached hydrogens (tertiary/aromatic N) is 3. The molecule has 0 unspecified atom stereocenters. The summed E-state index contributed by atoms with van der Waals surface area (Å²) in [5, 5.41) is 4.94. The third kappa shape index (κ3) is 8.05. The van der Waals surface area contributed by atoms with Gasteiger partial charge >= 0.3 is 12.8 Å². The maximum absolute atomic E-state index is 14.5. The molecule has 3 aromatic rings. The predicted octanol–water partition coefficient (Wildman–Crippen LogP) is 4.47. The van der Waals surface area contributed by atoms with Crippen LogP contribution in [-0.2, 0) is 22.2 Å². The van der Waals surface area contributed by atoms with E-state index in [-0.39, 0.29) is 17.6 Å². The molecule has 9 nitrogen and oxygen atoms in total. The number of aromatic amines is 1. The molecule has 3 N–H and O–H groups in total. The molecule has 0 radical (unpaired) electrons. The topological polar surface area (TPSA) is 125 Å². The molecule has 3 heterocycles. The number of nitrogens with two attached hydrogens (primary N) is 1. The van der Waals surface area contributed by atoms with Gasteiger partial charge in [0.05, 0.1) is 47.9 Å². The number of hydrogen-bond donors (Lipinski definition) is 2. The van der Waals surface area contributed by atoms with Crippen LogP contribution in [0.5, 0.6) is 0 Å². The van der Waals surface area contributed by atoms with Crippen molar-refractivity contribution in [3.8, 4) is 0 Å². The van der Waals surface area contributed by atoms with Crippen LogP contribution in [0, 0.1) is 5.82 Å². The molecule has 0 aliphatic carbocycles. The number of aromatic nitrogens is 4. The van der Waals surface area contributed by atoms with Gasteiger partial charge in [-0.1, -0.05) is 0 Å². The molecule has 0 saturated carbocycles. The molecule has 1 aliphatic heterocycles. The minimum absolute atomic E-state index is 0.0194. The lowest BCUT2D eigenvalue weighted by molar-refractivity contribution is -0.138. The zero-order chi connectivity index (χ0) is 28.6. The van der Waals surface area contributed by atoms with E-state index >= 15 is 0 Å². The highest BCUT2D eigenvalue weighted by Crippen LogP contribution is 2.29. The molecule has 1 aromatic carbocycles. The molecular weight excluding hydrogens is 536 g/mol. The summed E-state index contributed by atoms with van der Waals surface area (Å²) in [6, 6.07) is 2.74. The number of rotatable bonds is 8. The van der Waals surface area contributed by atoms with Gasteiger partial charge in [-0.2, -0.15) is 27.1 Å². The van der Waals surface area contributed by atoms with E-state index < -0.39 is 35.4 Å². The fourth-order valence-corrected chi connectivity index (χ4v) is 3.71. The van der Waals surface area contributed by atoms with E-state index in [1.54, 1.807) is 5.10 Å². The summed E-state index contributed by atoms with van der Waals surface area (Å²) in [7, 11) is 0. The molecule has 0 amide bonds. The minimum Gasteiger partial charge on any atom is -0.493 e. The molecule has 2 aromatic heterocycles. The molecule has 0 atom stereocenters.